The highest BCUT2D eigenvalue weighted by Crippen LogP contribution is 2.26. The van der Waals surface area contributed by atoms with Crippen LogP contribution in [0.15, 0.2) is 65.8 Å². The van der Waals surface area contributed by atoms with Gasteiger partial charge in [-0.2, -0.15) is 0 Å². The van der Waals surface area contributed by atoms with Gasteiger partial charge in [0.1, 0.15) is 11.4 Å². The van der Waals surface area contributed by atoms with Gasteiger partial charge in [0.05, 0.1) is 11.7 Å². The van der Waals surface area contributed by atoms with Crippen molar-refractivity contribution in [2.45, 2.75) is 25.8 Å². The molecule has 2 aromatic heterocycles. The molecule has 28 heavy (non-hydrogen) atoms. The zero-order chi connectivity index (χ0) is 19.5. The third kappa shape index (κ3) is 3.38. The lowest BCUT2D eigenvalue weighted by atomic mass is 10.1. The molecule has 0 unspecified atom stereocenters. The summed E-state index contributed by atoms with van der Waals surface area (Å²) in [5.74, 6) is 0.0452. The van der Waals surface area contributed by atoms with Crippen molar-refractivity contribution in [1.29, 1.82) is 0 Å². The van der Waals surface area contributed by atoms with Gasteiger partial charge in [-0.1, -0.05) is 18.2 Å². The molecule has 0 radical (unpaired) electrons. The highest BCUT2D eigenvalue weighted by Gasteiger charge is 2.32. The molecule has 4 rings (SSSR count). The number of hydrazine groups is 1. The van der Waals surface area contributed by atoms with Crippen LogP contribution >= 0.6 is 0 Å². The summed E-state index contributed by atoms with van der Waals surface area (Å²) >= 11 is 0. The summed E-state index contributed by atoms with van der Waals surface area (Å²) in [6.07, 6.45) is 6.48. The molecule has 0 saturated carbocycles. The number of nitrogens with zero attached hydrogens (tertiary/aromatic N) is 4. The highest BCUT2D eigenvalue weighted by atomic mass is 16.2. The Hall–Kier alpha value is -3.48. The number of amides is 1. The largest absolute Gasteiger partial charge is 0.306 e. The number of hydrogen-bond acceptors (Lipinski definition) is 5. The van der Waals surface area contributed by atoms with Gasteiger partial charge in [0.15, 0.2) is 0 Å². The van der Waals surface area contributed by atoms with Crippen LogP contribution in [-0.4, -0.2) is 38.5 Å². The van der Waals surface area contributed by atoms with E-state index in [0.29, 0.717) is 11.4 Å². The van der Waals surface area contributed by atoms with Crippen molar-refractivity contribution in [1.82, 2.24) is 20.0 Å². The van der Waals surface area contributed by atoms with E-state index < -0.39 is 5.56 Å². The van der Waals surface area contributed by atoms with E-state index in [2.05, 4.69) is 15.0 Å². The maximum Gasteiger partial charge on any atom is 0.279 e. The molecule has 1 amide bonds. The van der Waals surface area contributed by atoms with Crippen molar-refractivity contribution in [3.05, 3.63) is 77.0 Å². The molecule has 7 heteroatoms. The number of H-pyrrole nitrogens is 1. The van der Waals surface area contributed by atoms with Crippen LogP contribution in [0.25, 0.3) is 11.4 Å². The van der Waals surface area contributed by atoms with Gasteiger partial charge >= 0.3 is 0 Å². The molecule has 0 spiro atoms. The van der Waals surface area contributed by atoms with Crippen LogP contribution in [0, 0.1) is 0 Å². The number of para-hydroxylation sites is 1. The van der Waals surface area contributed by atoms with Crippen LogP contribution in [0.4, 0.5) is 5.69 Å². The number of nitrogens with one attached hydrogen (secondary N) is 1. The van der Waals surface area contributed by atoms with Crippen LogP contribution in [0.5, 0.6) is 0 Å². The van der Waals surface area contributed by atoms with E-state index in [-0.39, 0.29) is 17.5 Å². The Morgan fingerprint density at radius 2 is 1.96 bits per heavy atom. The Labute approximate surface area is 162 Å². The van der Waals surface area contributed by atoms with Crippen LogP contribution in [0.3, 0.4) is 0 Å². The molecule has 1 saturated heterocycles. The number of aromatic amines is 1. The Morgan fingerprint density at radius 3 is 2.68 bits per heavy atom. The summed E-state index contributed by atoms with van der Waals surface area (Å²) in [6, 6.07) is 13.3. The van der Waals surface area contributed by atoms with Gasteiger partial charge < -0.3 is 4.98 Å². The van der Waals surface area contributed by atoms with E-state index in [0.717, 1.165) is 25.1 Å². The Bertz CT molecular complexity index is 1020. The first-order valence-corrected chi connectivity index (χ1v) is 9.31. The standard InChI is InChI=1S/C21H21N5O2/c1-15-7-6-12-25(17-9-3-2-4-10-17)26(15)21(28)18-14-23-19(24-20(18)27)16-8-5-11-22-13-16/h2-5,8-11,13-15H,6-7,12H2,1H3,(H,23,24,27)/t15-/m0/s1. The molecule has 1 atom stereocenters. The lowest BCUT2D eigenvalue weighted by molar-refractivity contribution is 0.0606. The third-order valence-electron chi connectivity index (χ3n) is 4.90. The van der Waals surface area contributed by atoms with Crippen molar-refractivity contribution < 1.29 is 4.79 Å². The number of aromatic nitrogens is 3. The predicted molar refractivity (Wildman–Crippen MR) is 107 cm³/mol. The van der Waals surface area contributed by atoms with Crippen LogP contribution in [0.2, 0.25) is 0 Å². The van der Waals surface area contributed by atoms with Crippen molar-refractivity contribution in [3.63, 3.8) is 0 Å². The number of benzene rings is 1. The number of rotatable bonds is 3. The predicted octanol–water partition coefficient (Wildman–Crippen LogP) is 2.88. The van der Waals surface area contributed by atoms with Crippen LogP contribution in [0.1, 0.15) is 30.1 Å². The molecule has 1 aliphatic heterocycles. The minimum absolute atomic E-state index is 0.0149. The van der Waals surface area contributed by atoms with Gasteiger partial charge in [-0.25, -0.2) is 9.99 Å². The number of pyridine rings is 1. The summed E-state index contributed by atoms with van der Waals surface area (Å²) in [6.45, 7) is 2.72. The summed E-state index contributed by atoms with van der Waals surface area (Å²) in [5.41, 5.74) is 1.20. The van der Waals surface area contributed by atoms with Gasteiger partial charge in [0, 0.05) is 30.7 Å². The number of carbonyl (C=O) groups is 1. The second kappa shape index (κ2) is 7.64. The first-order valence-electron chi connectivity index (χ1n) is 9.31. The van der Waals surface area contributed by atoms with Crippen LogP contribution in [-0.2, 0) is 0 Å². The third-order valence-corrected chi connectivity index (χ3v) is 4.90. The lowest BCUT2D eigenvalue weighted by Crippen LogP contribution is -2.55. The SMILES string of the molecule is C[C@H]1CCCN(c2ccccc2)N1C(=O)c1cnc(-c2cccnc2)[nH]c1=O. The van der Waals surface area contributed by atoms with Gasteiger partial charge in [-0.15, -0.1) is 0 Å². The second-order valence-electron chi connectivity index (χ2n) is 6.82. The summed E-state index contributed by atoms with van der Waals surface area (Å²) in [7, 11) is 0. The Kier molecular flexibility index (Phi) is 4.89. The zero-order valence-electron chi connectivity index (χ0n) is 15.6. The highest BCUT2D eigenvalue weighted by molar-refractivity contribution is 5.95. The van der Waals surface area contributed by atoms with Gasteiger partial charge in [-0.3, -0.25) is 19.6 Å². The van der Waals surface area contributed by atoms with Gasteiger partial charge in [0.2, 0.25) is 0 Å². The van der Waals surface area contributed by atoms with Gasteiger partial charge in [0.25, 0.3) is 11.5 Å². The molecule has 7 nitrogen and oxygen atoms in total. The number of hydrogen-bond donors (Lipinski definition) is 1. The Morgan fingerprint density at radius 1 is 1.14 bits per heavy atom. The lowest BCUT2D eigenvalue weighted by Gasteiger charge is -2.44. The molecular weight excluding hydrogens is 354 g/mol. The first-order chi connectivity index (χ1) is 13.6. The second-order valence-corrected chi connectivity index (χ2v) is 6.82. The molecule has 0 aliphatic carbocycles. The van der Waals surface area contributed by atoms with Crippen molar-refractivity contribution in [3.8, 4) is 11.4 Å². The fourth-order valence-corrected chi connectivity index (χ4v) is 3.49. The van der Waals surface area contributed by atoms with Crippen molar-refractivity contribution >= 4 is 11.6 Å². The summed E-state index contributed by atoms with van der Waals surface area (Å²) in [4.78, 5) is 37.0. The monoisotopic (exact) mass is 375 g/mol. The average molecular weight is 375 g/mol. The van der Waals surface area contributed by atoms with E-state index in [4.69, 9.17) is 0 Å². The normalized spacial score (nSPS) is 16.8. The minimum atomic E-state index is -0.454. The summed E-state index contributed by atoms with van der Waals surface area (Å²) < 4.78 is 0. The van der Waals surface area contributed by atoms with E-state index in [1.165, 1.54) is 6.20 Å². The number of anilines is 1. The van der Waals surface area contributed by atoms with Crippen LogP contribution < -0.4 is 10.6 Å². The van der Waals surface area contributed by atoms with E-state index in [1.54, 1.807) is 29.5 Å². The fourth-order valence-electron chi connectivity index (χ4n) is 3.49. The molecule has 0 bridgehead atoms. The zero-order valence-corrected chi connectivity index (χ0v) is 15.6. The topological polar surface area (TPSA) is 82.2 Å². The molecule has 1 aliphatic rings. The smallest absolute Gasteiger partial charge is 0.279 e. The maximum absolute atomic E-state index is 13.3. The van der Waals surface area contributed by atoms with E-state index in [1.807, 2.05) is 42.3 Å². The molecule has 3 heterocycles. The molecule has 1 fully saturated rings. The first kappa shape index (κ1) is 17.9. The molecule has 1 N–H and O–H groups in total. The van der Waals surface area contributed by atoms with Gasteiger partial charge in [-0.05, 0) is 44.0 Å². The van der Waals surface area contributed by atoms with E-state index in [9.17, 15) is 9.59 Å². The number of carbonyl (C=O) groups excluding carboxylic acids is 1. The molecule has 3 aromatic rings. The Balaban J connectivity index is 1.68. The molecule has 1 aromatic carbocycles. The fraction of sp³-hybridized carbons (Fsp3) is 0.238. The maximum atomic E-state index is 13.3. The molecular formula is C21H21N5O2. The quantitative estimate of drug-likeness (QED) is 0.761. The average Bonchev–Trinajstić information content (AvgIpc) is 2.74. The molecule has 142 valence electrons. The van der Waals surface area contributed by atoms with E-state index >= 15 is 0 Å². The van der Waals surface area contributed by atoms with Crippen molar-refractivity contribution in [2.75, 3.05) is 11.6 Å². The minimum Gasteiger partial charge on any atom is -0.306 e. The summed E-state index contributed by atoms with van der Waals surface area (Å²) in [5, 5.41) is 3.62. The van der Waals surface area contributed by atoms with Crippen molar-refractivity contribution in [2.24, 2.45) is 0 Å².